The zero-order chi connectivity index (χ0) is 28.9. The first-order valence-corrected chi connectivity index (χ1v) is 13.7. The van der Waals surface area contributed by atoms with Crippen LogP contribution in [0.15, 0.2) is 0 Å². The van der Waals surface area contributed by atoms with E-state index < -0.39 is 111 Å². The van der Waals surface area contributed by atoms with Gasteiger partial charge < -0.3 is 77.2 Å². The summed E-state index contributed by atoms with van der Waals surface area (Å²) in [5, 5.41) is 87.0. The van der Waals surface area contributed by atoms with Crippen molar-refractivity contribution < 1.29 is 55.1 Å². The lowest BCUT2D eigenvalue weighted by molar-refractivity contribution is -0.303. The van der Waals surface area contributed by atoms with E-state index in [1.165, 1.54) is 0 Å². The summed E-state index contributed by atoms with van der Waals surface area (Å²) in [6, 6.07) is -2.82. The van der Waals surface area contributed by atoms with Gasteiger partial charge in [0, 0.05) is 49.5 Å². The molecule has 3 fully saturated rings. The minimum atomic E-state index is -1.33. The van der Waals surface area contributed by atoms with Gasteiger partial charge in [-0.15, -0.1) is 0 Å². The van der Waals surface area contributed by atoms with Gasteiger partial charge in [-0.25, -0.2) is 0 Å². The molecule has 39 heavy (non-hydrogen) atoms. The van der Waals surface area contributed by atoms with E-state index in [2.05, 4.69) is 10.6 Å². The van der Waals surface area contributed by atoms with Crippen LogP contribution in [0.1, 0.15) is 19.8 Å². The van der Waals surface area contributed by atoms with Crippen LogP contribution < -0.4 is 22.1 Å². The van der Waals surface area contributed by atoms with Crippen molar-refractivity contribution in [3.63, 3.8) is 0 Å². The van der Waals surface area contributed by atoms with Crippen molar-refractivity contribution in [1.82, 2.24) is 10.6 Å². The number of hydrogen-bond donors (Lipinski definition) is 12. The summed E-state index contributed by atoms with van der Waals surface area (Å²) in [7, 11) is 0. The van der Waals surface area contributed by atoms with E-state index >= 15 is 0 Å². The number of nitrogens with two attached hydrogens (primary N) is 2. The summed E-state index contributed by atoms with van der Waals surface area (Å²) in [5.74, 6) is -1.19. The molecule has 14 atom stereocenters. The summed E-state index contributed by atoms with van der Waals surface area (Å²) < 4.78 is 17.9. The van der Waals surface area contributed by atoms with Crippen molar-refractivity contribution in [1.29, 1.82) is 0 Å². The van der Waals surface area contributed by atoms with Crippen molar-refractivity contribution in [3.05, 3.63) is 0 Å². The maximum absolute atomic E-state index is 11.7. The molecular weight excluding hydrogens is 520 g/mol. The molecule has 3 rings (SSSR count). The minimum Gasteiger partial charge on any atom is -0.395 e. The third-order valence-corrected chi connectivity index (χ3v) is 8.30. The van der Waals surface area contributed by atoms with Gasteiger partial charge in [0.05, 0.1) is 63.0 Å². The second-order valence-electron chi connectivity index (χ2n) is 11.0. The van der Waals surface area contributed by atoms with Crippen LogP contribution in [0.5, 0.6) is 0 Å². The van der Waals surface area contributed by atoms with E-state index in [0.29, 0.717) is 6.54 Å². The van der Waals surface area contributed by atoms with Crippen LogP contribution in [0.25, 0.3) is 0 Å². The molecule has 2 saturated heterocycles. The van der Waals surface area contributed by atoms with Crippen molar-refractivity contribution in [2.75, 3.05) is 39.5 Å². The zero-order valence-corrected chi connectivity index (χ0v) is 22.3. The molecule has 0 aromatic rings. The standard InChI is InChI=1S/C24H48N4O11/c1-10-19(26)23(37-16(20(10)35)6-27-2-3-29)18-12(25)4-13(28-11(7-30)8-31)22(21(18)36)39-24-15(34)5-14(33)17(9-32)38-24/h10-24,27-36H,2-9,25-26H2,1H3/t10-,12+,13-,14+,15-,16-,17-,18?,19-,20+,21+,22+,23-,24-/m1/s1. The van der Waals surface area contributed by atoms with Crippen LogP contribution in [0.2, 0.25) is 0 Å². The topological polar surface area (TPSA) is 266 Å². The van der Waals surface area contributed by atoms with Crippen molar-refractivity contribution >= 4 is 0 Å². The van der Waals surface area contributed by atoms with Crippen LogP contribution in [0.4, 0.5) is 0 Å². The summed E-state index contributed by atoms with van der Waals surface area (Å²) in [6.45, 7) is 0.921. The van der Waals surface area contributed by atoms with Crippen LogP contribution in [-0.4, -0.2) is 160 Å². The number of rotatable bonds is 12. The largest absolute Gasteiger partial charge is 0.395 e. The monoisotopic (exact) mass is 568 g/mol. The highest BCUT2D eigenvalue weighted by molar-refractivity contribution is 5.07. The SMILES string of the molecule is C[C@@H]1[C@@H](N)[C@@H](C2[C@@H](N)C[C@@H](NC(CO)CO)[C@H](O[C@H]3O[C@H](CO)[C@@H](O)C[C@H]3O)[C@H]2O)O[C@H](CNCCO)[C@H]1O. The van der Waals surface area contributed by atoms with E-state index in [-0.39, 0.29) is 26.0 Å². The first kappa shape index (κ1) is 32.9. The third-order valence-electron chi connectivity index (χ3n) is 8.30. The Labute approximate surface area is 228 Å². The Hall–Kier alpha value is -0.600. The molecule has 3 aliphatic rings. The molecule has 15 nitrogen and oxygen atoms in total. The number of nitrogens with one attached hydrogen (secondary N) is 2. The predicted octanol–water partition coefficient (Wildman–Crippen LogP) is -6.11. The average Bonchev–Trinajstić information content (AvgIpc) is 2.91. The fourth-order valence-corrected chi connectivity index (χ4v) is 5.92. The van der Waals surface area contributed by atoms with Gasteiger partial charge in [0.25, 0.3) is 0 Å². The highest BCUT2D eigenvalue weighted by Gasteiger charge is 2.54. The normalized spacial score (nSPS) is 45.5. The first-order chi connectivity index (χ1) is 18.6. The fraction of sp³-hybridized carbons (Fsp3) is 1.00. The Kier molecular flexibility index (Phi) is 12.7. The smallest absolute Gasteiger partial charge is 0.184 e. The highest BCUT2D eigenvalue weighted by Crippen LogP contribution is 2.38. The number of ether oxygens (including phenoxy) is 3. The second-order valence-corrected chi connectivity index (χ2v) is 11.0. The van der Waals surface area contributed by atoms with Gasteiger partial charge in [-0.1, -0.05) is 6.92 Å². The molecule has 0 amide bonds. The van der Waals surface area contributed by atoms with Crippen molar-refractivity contribution in [3.8, 4) is 0 Å². The van der Waals surface area contributed by atoms with Crippen LogP contribution >= 0.6 is 0 Å². The van der Waals surface area contributed by atoms with Crippen molar-refractivity contribution in [2.24, 2.45) is 23.3 Å². The highest BCUT2D eigenvalue weighted by atomic mass is 16.7. The molecule has 14 N–H and O–H groups in total. The molecule has 230 valence electrons. The van der Waals surface area contributed by atoms with Gasteiger partial charge in [0.1, 0.15) is 18.3 Å². The Morgan fingerprint density at radius 3 is 2.23 bits per heavy atom. The summed E-state index contributed by atoms with van der Waals surface area (Å²) in [4.78, 5) is 0. The van der Waals surface area contributed by atoms with Gasteiger partial charge >= 0.3 is 0 Å². The molecule has 2 aliphatic heterocycles. The molecule has 1 aliphatic carbocycles. The predicted molar refractivity (Wildman–Crippen MR) is 136 cm³/mol. The minimum absolute atomic E-state index is 0.0904. The lowest BCUT2D eigenvalue weighted by Crippen LogP contribution is -2.70. The molecule has 0 aromatic carbocycles. The molecule has 15 heteroatoms. The Bertz CT molecular complexity index is 726. The first-order valence-electron chi connectivity index (χ1n) is 13.7. The van der Waals surface area contributed by atoms with Gasteiger partial charge in [-0.2, -0.15) is 0 Å². The van der Waals surface area contributed by atoms with Gasteiger partial charge in [-0.05, 0) is 6.42 Å². The van der Waals surface area contributed by atoms with Gasteiger partial charge in [0.15, 0.2) is 6.29 Å². The van der Waals surface area contributed by atoms with E-state index in [1.807, 2.05) is 0 Å². The lowest BCUT2D eigenvalue weighted by Gasteiger charge is -2.52. The molecule has 0 bridgehead atoms. The quantitative estimate of drug-likeness (QED) is 0.0977. The molecule has 0 aromatic heterocycles. The molecular formula is C24H48N4O11. The third kappa shape index (κ3) is 7.63. The molecule has 1 saturated carbocycles. The maximum Gasteiger partial charge on any atom is 0.184 e. The van der Waals surface area contributed by atoms with Gasteiger partial charge in [0.2, 0.25) is 0 Å². The lowest BCUT2D eigenvalue weighted by atomic mass is 9.70. The Morgan fingerprint density at radius 2 is 1.62 bits per heavy atom. The zero-order valence-electron chi connectivity index (χ0n) is 22.3. The summed E-state index contributed by atoms with van der Waals surface area (Å²) >= 11 is 0. The Balaban J connectivity index is 1.86. The van der Waals surface area contributed by atoms with E-state index in [4.69, 9.17) is 30.8 Å². The molecule has 0 spiro atoms. The number of aliphatic hydroxyl groups excluding tert-OH is 8. The average molecular weight is 569 g/mol. The van der Waals surface area contributed by atoms with E-state index in [1.54, 1.807) is 6.92 Å². The molecule has 1 unspecified atom stereocenters. The maximum atomic E-state index is 11.7. The number of aliphatic hydroxyl groups is 8. The molecule has 2 heterocycles. The second kappa shape index (κ2) is 15.0. The van der Waals surface area contributed by atoms with Crippen LogP contribution in [0, 0.1) is 11.8 Å². The summed E-state index contributed by atoms with van der Waals surface area (Å²) in [5.41, 5.74) is 13.1. The van der Waals surface area contributed by atoms with E-state index in [9.17, 15) is 35.7 Å². The van der Waals surface area contributed by atoms with Gasteiger partial charge in [-0.3, -0.25) is 0 Å². The van der Waals surface area contributed by atoms with E-state index in [0.717, 1.165) is 0 Å². The summed E-state index contributed by atoms with van der Waals surface area (Å²) in [6.07, 6.45) is -9.39. The van der Waals surface area contributed by atoms with Crippen LogP contribution in [0.3, 0.4) is 0 Å². The van der Waals surface area contributed by atoms with Crippen LogP contribution in [-0.2, 0) is 14.2 Å². The number of hydrogen-bond acceptors (Lipinski definition) is 15. The molecule has 0 radical (unpaired) electrons. The van der Waals surface area contributed by atoms with Crippen molar-refractivity contribution in [2.45, 2.75) is 99.1 Å². The Morgan fingerprint density at radius 1 is 0.923 bits per heavy atom. The fourth-order valence-electron chi connectivity index (χ4n) is 5.92.